The van der Waals surface area contributed by atoms with Crippen LogP contribution < -0.4 is 16.7 Å². The number of anilines is 1. The Bertz CT molecular complexity index is 699. The summed E-state index contributed by atoms with van der Waals surface area (Å²) in [6, 6.07) is 4.75. The standard InChI is InChI=1S/C12H12N2O4/c1-2-4-9(15)13-8-6-3-5-7-10(8)14-12(17)18-11(7)16/h3,5-6H,2,4H2,1H3,(H,13,15)(H,14,17). The number of para-hydroxylation sites is 1. The zero-order valence-electron chi connectivity index (χ0n) is 9.78. The van der Waals surface area contributed by atoms with E-state index in [1.54, 1.807) is 12.1 Å². The Morgan fingerprint density at radius 2 is 2.17 bits per heavy atom. The van der Waals surface area contributed by atoms with Crippen molar-refractivity contribution < 1.29 is 9.21 Å². The molecule has 0 aliphatic heterocycles. The molecule has 1 aromatic carbocycles. The summed E-state index contributed by atoms with van der Waals surface area (Å²) in [6.07, 6.45) is 1.09. The van der Waals surface area contributed by atoms with Crippen LogP contribution in [0.3, 0.4) is 0 Å². The first-order chi connectivity index (χ1) is 8.61. The molecule has 1 heterocycles. The number of H-pyrrole nitrogens is 1. The average molecular weight is 248 g/mol. The van der Waals surface area contributed by atoms with E-state index in [1.165, 1.54) is 6.07 Å². The molecule has 0 bridgehead atoms. The highest BCUT2D eigenvalue weighted by molar-refractivity contribution is 5.99. The normalized spacial score (nSPS) is 10.5. The fraction of sp³-hybridized carbons (Fsp3) is 0.250. The van der Waals surface area contributed by atoms with Crippen LogP contribution >= 0.6 is 0 Å². The summed E-state index contributed by atoms with van der Waals surface area (Å²) in [5.74, 6) is -1.01. The fourth-order valence-electron chi connectivity index (χ4n) is 1.67. The van der Waals surface area contributed by atoms with E-state index < -0.39 is 11.4 Å². The van der Waals surface area contributed by atoms with Gasteiger partial charge in [-0.2, -0.15) is 0 Å². The highest BCUT2D eigenvalue weighted by Crippen LogP contribution is 2.17. The molecule has 0 radical (unpaired) electrons. The number of benzene rings is 1. The van der Waals surface area contributed by atoms with E-state index in [1.807, 2.05) is 6.92 Å². The molecule has 6 heteroatoms. The maximum Gasteiger partial charge on any atom is 0.419 e. The van der Waals surface area contributed by atoms with Crippen molar-refractivity contribution in [3.63, 3.8) is 0 Å². The number of rotatable bonds is 3. The zero-order chi connectivity index (χ0) is 13.1. The summed E-state index contributed by atoms with van der Waals surface area (Å²) in [7, 11) is 0. The molecule has 2 N–H and O–H groups in total. The lowest BCUT2D eigenvalue weighted by Gasteiger charge is -2.06. The van der Waals surface area contributed by atoms with Crippen LogP contribution in [0, 0.1) is 0 Å². The van der Waals surface area contributed by atoms with Crippen molar-refractivity contribution in [2.24, 2.45) is 0 Å². The molecule has 0 atom stereocenters. The molecule has 6 nitrogen and oxygen atoms in total. The smallest absolute Gasteiger partial charge is 0.372 e. The molecule has 0 spiro atoms. The van der Waals surface area contributed by atoms with Crippen molar-refractivity contribution in [2.75, 3.05) is 5.32 Å². The van der Waals surface area contributed by atoms with E-state index in [2.05, 4.69) is 14.7 Å². The number of carbonyl (C=O) groups excluding carboxylic acids is 1. The number of fused-ring (bicyclic) bond motifs is 1. The Balaban J connectivity index is 2.55. The minimum atomic E-state index is -0.843. The van der Waals surface area contributed by atoms with Gasteiger partial charge >= 0.3 is 11.4 Å². The molecule has 18 heavy (non-hydrogen) atoms. The van der Waals surface area contributed by atoms with E-state index in [0.29, 0.717) is 12.1 Å². The number of aromatic nitrogens is 1. The Morgan fingerprint density at radius 1 is 1.39 bits per heavy atom. The predicted octanol–water partition coefficient (Wildman–Crippen LogP) is 1.22. The molecule has 1 amide bonds. The third-order valence-electron chi connectivity index (χ3n) is 2.45. The van der Waals surface area contributed by atoms with Crippen molar-refractivity contribution in [3.05, 3.63) is 39.2 Å². The van der Waals surface area contributed by atoms with E-state index >= 15 is 0 Å². The molecular formula is C12H12N2O4. The number of aromatic amines is 1. The zero-order valence-corrected chi connectivity index (χ0v) is 9.78. The summed E-state index contributed by atoms with van der Waals surface area (Å²) in [5, 5.41) is 2.88. The number of hydrogen-bond donors (Lipinski definition) is 2. The van der Waals surface area contributed by atoms with Crippen molar-refractivity contribution in [1.29, 1.82) is 0 Å². The van der Waals surface area contributed by atoms with Gasteiger partial charge < -0.3 is 9.73 Å². The molecule has 2 rings (SSSR count). The van der Waals surface area contributed by atoms with Gasteiger partial charge in [-0.05, 0) is 18.6 Å². The first kappa shape index (κ1) is 12.1. The Labute approximate surface area is 102 Å². The fourth-order valence-corrected chi connectivity index (χ4v) is 1.67. The molecular weight excluding hydrogens is 236 g/mol. The molecule has 0 saturated carbocycles. The SMILES string of the molecule is CCCC(=O)Nc1cccc2c(=O)oc(=O)[nH]c12. The van der Waals surface area contributed by atoms with Gasteiger partial charge in [0, 0.05) is 6.42 Å². The van der Waals surface area contributed by atoms with Crippen molar-refractivity contribution in [1.82, 2.24) is 4.98 Å². The largest absolute Gasteiger partial charge is 0.419 e. The summed E-state index contributed by atoms with van der Waals surface area (Å²) in [5.41, 5.74) is -0.0421. The van der Waals surface area contributed by atoms with Crippen LogP contribution in [-0.4, -0.2) is 10.9 Å². The lowest BCUT2D eigenvalue weighted by Crippen LogP contribution is -2.17. The first-order valence-corrected chi connectivity index (χ1v) is 5.58. The molecule has 1 aromatic heterocycles. The molecule has 0 aliphatic carbocycles. The molecule has 0 aliphatic rings. The van der Waals surface area contributed by atoms with Crippen LogP contribution in [-0.2, 0) is 4.79 Å². The van der Waals surface area contributed by atoms with Crippen LogP contribution in [0.1, 0.15) is 19.8 Å². The van der Waals surface area contributed by atoms with E-state index in [4.69, 9.17) is 0 Å². The third-order valence-corrected chi connectivity index (χ3v) is 2.45. The van der Waals surface area contributed by atoms with E-state index in [0.717, 1.165) is 6.42 Å². The van der Waals surface area contributed by atoms with Gasteiger partial charge in [0.2, 0.25) is 5.91 Å². The highest BCUT2D eigenvalue weighted by atomic mass is 16.4. The van der Waals surface area contributed by atoms with Gasteiger partial charge in [-0.15, -0.1) is 0 Å². The minimum Gasteiger partial charge on any atom is -0.372 e. The van der Waals surface area contributed by atoms with Gasteiger partial charge in [-0.1, -0.05) is 13.0 Å². The van der Waals surface area contributed by atoms with Crippen LogP contribution in [0.2, 0.25) is 0 Å². The lowest BCUT2D eigenvalue weighted by atomic mass is 10.2. The second-order valence-corrected chi connectivity index (χ2v) is 3.83. The van der Waals surface area contributed by atoms with E-state index in [-0.39, 0.29) is 16.8 Å². The average Bonchev–Trinajstić information content (AvgIpc) is 2.30. The number of hydrogen-bond acceptors (Lipinski definition) is 4. The molecule has 2 aromatic rings. The van der Waals surface area contributed by atoms with Gasteiger partial charge in [0.25, 0.3) is 0 Å². The van der Waals surface area contributed by atoms with Crippen LogP contribution in [0.5, 0.6) is 0 Å². The van der Waals surface area contributed by atoms with Crippen LogP contribution in [0.4, 0.5) is 5.69 Å². The van der Waals surface area contributed by atoms with Gasteiger partial charge in [0.1, 0.15) is 0 Å². The van der Waals surface area contributed by atoms with Crippen LogP contribution in [0.25, 0.3) is 10.9 Å². The Kier molecular flexibility index (Phi) is 3.27. The topological polar surface area (TPSA) is 92.2 Å². The van der Waals surface area contributed by atoms with Crippen molar-refractivity contribution >= 4 is 22.5 Å². The summed E-state index contributed by atoms with van der Waals surface area (Å²) in [4.78, 5) is 36.5. The monoisotopic (exact) mass is 248 g/mol. The Hall–Kier alpha value is -2.37. The number of nitrogens with one attached hydrogen (secondary N) is 2. The van der Waals surface area contributed by atoms with Gasteiger partial charge in [0.15, 0.2) is 0 Å². The highest BCUT2D eigenvalue weighted by Gasteiger charge is 2.09. The van der Waals surface area contributed by atoms with Crippen LogP contribution in [0.15, 0.2) is 32.2 Å². The molecule has 94 valence electrons. The summed E-state index contributed by atoms with van der Waals surface area (Å²) in [6.45, 7) is 1.89. The molecule has 0 saturated heterocycles. The summed E-state index contributed by atoms with van der Waals surface area (Å²) >= 11 is 0. The van der Waals surface area contributed by atoms with Gasteiger partial charge in [-0.25, -0.2) is 9.59 Å². The molecule has 0 unspecified atom stereocenters. The lowest BCUT2D eigenvalue weighted by molar-refractivity contribution is -0.116. The second-order valence-electron chi connectivity index (χ2n) is 3.83. The first-order valence-electron chi connectivity index (χ1n) is 5.58. The predicted molar refractivity (Wildman–Crippen MR) is 66.6 cm³/mol. The maximum absolute atomic E-state index is 11.5. The van der Waals surface area contributed by atoms with Crippen molar-refractivity contribution in [2.45, 2.75) is 19.8 Å². The maximum atomic E-state index is 11.5. The minimum absolute atomic E-state index is 0.168. The summed E-state index contributed by atoms with van der Waals surface area (Å²) < 4.78 is 4.42. The number of carbonyl (C=O) groups is 1. The number of amides is 1. The molecule has 0 fully saturated rings. The third kappa shape index (κ3) is 2.32. The quantitative estimate of drug-likeness (QED) is 0.854. The van der Waals surface area contributed by atoms with Gasteiger partial charge in [0.05, 0.1) is 16.6 Å². The second kappa shape index (κ2) is 4.87. The van der Waals surface area contributed by atoms with Crippen molar-refractivity contribution in [3.8, 4) is 0 Å². The van der Waals surface area contributed by atoms with E-state index in [9.17, 15) is 14.4 Å². The Morgan fingerprint density at radius 3 is 2.89 bits per heavy atom. The van der Waals surface area contributed by atoms with Gasteiger partial charge in [-0.3, -0.25) is 9.78 Å².